The fourth-order valence-electron chi connectivity index (χ4n) is 4.25. The van der Waals surface area contributed by atoms with E-state index in [1.165, 1.54) is 7.11 Å². The van der Waals surface area contributed by atoms with E-state index in [0.29, 0.717) is 0 Å². The van der Waals surface area contributed by atoms with Crippen LogP contribution in [0.25, 0.3) is 0 Å². The van der Waals surface area contributed by atoms with Crippen LogP contribution in [0.3, 0.4) is 0 Å². The van der Waals surface area contributed by atoms with Gasteiger partial charge >= 0.3 is 5.97 Å². The number of esters is 1. The molecule has 3 aliphatic rings. The van der Waals surface area contributed by atoms with Crippen LogP contribution in [0.4, 0.5) is 0 Å². The van der Waals surface area contributed by atoms with Gasteiger partial charge in [0.25, 0.3) is 0 Å². The van der Waals surface area contributed by atoms with E-state index in [1.807, 2.05) is 11.8 Å². The quantitative estimate of drug-likeness (QED) is 0.378. The number of fused-ring (bicyclic) bond motifs is 3. The van der Waals surface area contributed by atoms with Crippen molar-refractivity contribution >= 4 is 17.7 Å². The number of aliphatic hydroxyl groups excluding tert-OH is 3. The number of carbonyl (C=O) groups excluding carboxylic acids is 1. The first-order chi connectivity index (χ1) is 14.4. The lowest BCUT2D eigenvalue weighted by atomic mass is 9.84. The maximum atomic E-state index is 12.9. The summed E-state index contributed by atoms with van der Waals surface area (Å²) in [7, 11) is 1.28. The summed E-state index contributed by atoms with van der Waals surface area (Å²) in [5.74, 6) is -0.101. The number of phenolic OH excluding ortho intramolecular Hbond substituents is 2. The smallest absolute Gasteiger partial charge is 0.339 e. The summed E-state index contributed by atoms with van der Waals surface area (Å²) >= 11 is 1.82. The van der Waals surface area contributed by atoms with Gasteiger partial charge < -0.3 is 39.7 Å². The summed E-state index contributed by atoms with van der Waals surface area (Å²) in [4.78, 5) is 15.0. The Labute approximate surface area is 177 Å². The van der Waals surface area contributed by atoms with Crippen molar-refractivity contribution in [1.82, 2.24) is 4.90 Å². The zero-order valence-corrected chi connectivity index (χ0v) is 17.2. The second-order valence-electron chi connectivity index (χ2n) is 7.52. The number of nitrogens with zero attached hydrogens (tertiary/aromatic N) is 1. The van der Waals surface area contributed by atoms with E-state index >= 15 is 0 Å². The number of rotatable bonds is 4. The normalized spacial score (nSPS) is 31.6. The summed E-state index contributed by atoms with van der Waals surface area (Å²) in [5, 5.41) is 51.7. The Balaban J connectivity index is 1.85. The summed E-state index contributed by atoms with van der Waals surface area (Å²) < 4.78 is 16.3. The van der Waals surface area contributed by atoms with E-state index in [1.54, 1.807) is 0 Å². The Hall–Kier alpha value is -1.76. The van der Waals surface area contributed by atoms with Gasteiger partial charge in [0.2, 0.25) is 5.75 Å². The molecule has 30 heavy (non-hydrogen) atoms. The van der Waals surface area contributed by atoms with E-state index in [9.17, 15) is 30.3 Å². The molecule has 5 atom stereocenters. The van der Waals surface area contributed by atoms with Crippen molar-refractivity contribution in [3.05, 3.63) is 16.7 Å². The van der Waals surface area contributed by atoms with Crippen molar-refractivity contribution in [3.8, 4) is 17.2 Å². The van der Waals surface area contributed by atoms with E-state index < -0.39 is 48.8 Å². The van der Waals surface area contributed by atoms with Gasteiger partial charge in [-0.15, -0.1) is 0 Å². The summed E-state index contributed by atoms with van der Waals surface area (Å²) in [6, 6.07) is 0. The molecule has 2 fully saturated rings. The lowest BCUT2D eigenvalue weighted by Crippen LogP contribution is -2.58. The molecule has 2 saturated heterocycles. The summed E-state index contributed by atoms with van der Waals surface area (Å²) in [6.45, 7) is 1.17. The number of thioether (sulfide) groups is 1. The highest BCUT2D eigenvalue weighted by Crippen LogP contribution is 2.52. The standard InChI is InChI=1S/C19H25NO9S/c1-27-17-12(22)8(6-20-2-4-30-5-3-20)10-11(14(17)24)16-18(29-19(10)26)15(25)13(23)9(7-21)28-16/h9,13,15-16,18,21-25H,2-7H2,1H3/t9-,13-,15+,16+,18-/m1/s1. The molecule has 10 nitrogen and oxygen atoms in total. The van der Waals surface area contributed by atoms with Gasteiger partial charge in [-0.05, 0) is 0 Å². The molecule has 11 heteroatoms. The maximum absolute atomic E-state index is 12.9. The van der Waals surface area contributed by atoms with E-state index in [4.69, 9.17) is 14.2 Å². The first-order valence-electron chi connectivity index (χ1n) is 9.67. The van der Waals surface area contributed by atoms with Crippen molar-refractivity contribution in [2.45, 2.75) is 37.1 Å². The van der Waals surface area contributed by atoms with E-state index in [2.05, 4.69) is 4.90 Å². The maximum Gasteiger partial charge on any atom is 0.339 e. The van der Waals surface area contributed by atoms with Crippen LogP contribution < -0.4 is 4.74 Å². The molecule has 0 aliphatic carbocycles. The third-order valence-electron chi connectivity index (χ3n) is 5.83. The van der Waals surface area contributed by atoms with Gasteiger partial charge in [-0.25, -0.2) is 4.79 Å². The number of aromatic hydroxyl groups is 2. The minimum Gasteiger partial charge on any atom is -0.504 e. The van der Waals surface area contributed by atoms with Crippen LogP contribution in [-0.2, 0) is 16.0 Å². The minimum atomic E-state index is -1.53. The number of hydrogen-bond donors (Lipinski definition) is 5. The van der Waals surface area contributed by atoms with Crippen molar-refractivity contribution in [3.63, 3.8) is 0 Å². The van der Waals surface area contributed by atoms with Crippen molar-refractivity contribution in [1.29, 1.82) is 0 Å². The highest BCUT2D eigenvalue weighted by atomic mass is 32.2. The van der Waals surface area contributed by atoms with Gasteiger partial charge in [0.15, 0.2) is 17.6 Å². The first-order valence-corrected chi connectivity index (χ1v) is 10.8. The molecule has 166 valence electrons. The molecule has 0 aromatic heterocycles. The van der Waals surface area contributed by atoms with Crippen LogP contribution in [0, 0.1) is 0 Å². The highest BCUT2D eigenvalue weighted by molar-refractivity contribution is 7.99. The molecular formula is C19H25NO9S. The van der Waals surface area contributed by atoms with Gasteiger partial charge in [-0.1, -0.05) is 0 Å². The molecule has 3 aliphatic heterocycles. The van der Waals surface area contributed by atoms with Crippen LogP contribution in [-0.4, -0.2) is 99.1 Å². The number of aliphatic hydroxyl groups is 3. The largest absolute Gasteiger partial charge is 0.504 e. The molecule has 4 rings (SSSR count). The van der Waals surface area contributed by atoms with E-state index in [-0.39, 0.29) is 34.7 Å². The number of methoxy groups -OCH3 is 1. The van der Waals surface area contributed by atoms with Crippen LogP contribution in [0.1, 0.15) is 27.6 Å². The third-order valence-corrected chi connectivity index (χ3v) is 6.77. The Morgan fingerprint density at radius 1 is 1.17 bits per heavy atom. The average molecular weight is 443 g/mol. The number of carbonyl (C=O) groups is 1. The molecule has 0 spiro atoms. The molecule has 0 saturated carbocycles. The second kappa shape index (κ2) is 8.40. The van der Waals surface area contributed by atoms with Crippen LogP contribution in [0.15, 0.2) is 0 Å². The predicted octanol–water partition coefficient (Wildman–Crippen LogP) is -0.652. The SMILES string of the molecule is COc1c(O)c(CN2CCSCC2)c2c(c1O)[C@@H]1O[C@H](CO)[C@@H](O)[C@H](O)[C@H]1OC2=O. The van der Waals surface area contributed by atoms with E-state index in [0.717, 1.165) is 24.6 Å². The van der Waals surface area contributed by atoms with Crippen LogP contribution in [0.5, 0.6) is 17.2 Å². The average Bonchev–Trinajstić information content (AvgIpc) is 2.74. The first kappa shape index (κ1) is 21.5. The molecule has 0 unspecified atom stereocenters. The molecular weight excluding hydrogens is 418 g/mol. The van der Waals surface area contributed by atoms with Crippen LogP contribution in [0.2, 0.25) is 0 Å². The van der Waals surface area contributed by atoms with Crippen molar-refractivity contribution < 1.29 is 44.5 Å². The predicted molar refractivity (Wildman–Crippen MR) is 105 cm³/mol. The lowest BCUT2D eigenvalue weighted by molar-refractivity contribution is -0.235. The number of ether oxygens (including phenoxy) is 3. The molecule has 1 aromatic carbocycles. The molecule has 5 N–H and O–H groups in total. The Bertz CT molecular complexity index is 829. The fraction of sp³-hybridized carbons (Fsp3) is 0.632. The van der Waals surface area contributed by atoms with Gasteiger partial charge in [0.1, 0.15) is 24.4 Å². The Kier molecular flexibility index (Phi) is 6.02. The van der Waals surface area contributed by atoms with Gasteiger partial charge in [-0.3, -0.25) is 4.90 Å². The lowest BCUT2D eigenvalue weighted by Gasteiger charge is -2.45. The fourth-order valence-corrected chi connectivity index (χ4v) is 5.23. The summed E-state index contributed by atoms with van der Waals surface area (Å²) in [6.07, 6.45) is -6.59. The van der Waals surface area contributed by atoms with Gasteiger partial charge in [0, 0.05) is 42.3 Å². The van der Waals surface area contributed by atoms with Crippen molar-refractivity contribution in [2.24, 2.45) is 0 Å². The number of benzene rings is 1. The van der Waals surface area contributed by atoms with Crippen LogP contribution >= 0.6 is 11.8 Å². The Morgan fingerprint density at radius 2 is 1.87 bits per heavy atom. The van der Waals surface area contributed by atoms with Gasteiger partial charge in [0.05, 0.1) is 19.3 Å². The zero-order chi connectivity index (χ0) is 21.6. The molecule has 3 heterocycles. The minimum absolute atomic E-state index is 0.0108. The summed E-state index contributed by atoms with van der Waals surface area (Å²) in [5.41, 5.74) is 0.196. The monoisotopic (exact) mass is 443 g/mol. The number of hydrogen-bond acceptors (Lipinski definition) is 11. The second-order valence-corrected chi connectivity index (χ2v) is 8.74. The molecule has 1 aromatic rings. The topological polar surface area (TPSA) is 149 Å². The highest BCUT2D eigenvalue weighted by Gasteiger charge is 2.53. The van der Waals surface area contributed by atoms with Gasteiger partial charge in [-0.2, -0.15) is 11.8 Å². The Morgan fingerprint density at radius 3 is 2.50 bits per heavy atom. The number of phenols is 2. The third kappa shape index (κ3) is 3.39. The molecule has 0 amide bonds. The zero-order valence-electron chi connectivity index (χ0n) is 16.4. The molecule has 0 radical (unpaired) electrons. The molecule has 0 bridgehead atoms. The van der Waals surface area contributed by atoms with Crippen molar-refractivity contribution in [2.75, 3.05) is 38.3 Å².